The van der Waals surface area contributed by atoms with Crippen LogP contribution < -0.4 is 0 Å². The van der Waals surface area contributed by atoms with E-state index in [1.807, 2.05) is 19.9 Å². The van der Waals surface area contributed by atoms with E-state index in [1.54, 1.807) is 6.08 Å². The van der Waals surface area contributed by atoms with Crippen molar-refractivity contribution in [3.8, 4) is 0 Å². The highest BCUT2D eigenvalue weighted by atomic mass is 16.4. The highest BCUT2D eigenvalue weighted by Crippen LogP contribution is 2.04. The quantitative estimate of drug-likeness (QED) is 0.514. The van der Waals surface area contributed by atoms with Crippen molar-refractivity contribution >= 4 is 5.97 Å². The van der Waals surface area contributed by atoms with Gasteiger partial charge in [-0.25, -0.2) is 4.79 Å². The average molecular weight is 166 g/mol. The SMILES string of the molecule is C=C(/C=C(C)/C=C/C(=O)O)CC. The summed E-state index contributed by atoms with van der Waals surface area (Å²) < 4.78 is 0. The van der Waals surface area contributed by atoms with Gasteiger partial charge in [-0.1, -0.05) is 36.8 Å². The highest BCUT2D eigenvalue weighted by Gasteiger charge is 1.88. The Hall–Kier alpha value is -1.31. The average Bonchev–Trinajstić information content (AvgIpc) is 2.00. The molecule has 0 unspecified atom stereocenters. The van der Waals surface area contributed by atoms with E-state index < -0.39 is 5.97 Å². The third-order valence-corrected chi connectivity index (χ3v) is 1.37. The molecule has 0 amide bonds. The van der Waals surface area contributed by atoms with Crippen LogP contribution in [0.2, 0.25) is 0 Å². The zero-order valence-electron chi connectivity index (χ0n) is 7.50. The second kappa shape index (κ2) is 5.35. The smallest absolute Gasteiger partial charge is 0.328 e. The van der Waals surface area contributed by atoms with Gasteiger partial charge in [0.1, 0.15) is 0 Å². The maximum Gasteiger partial charge on any atom is 0.328 e. The van der Waals surface area contributed by atoms with Gasteiger partial charge >= 0.3 is 5.97 Å². The lowest BCUT2D eigenvalue weighted by molar-refractivity contribution is -0.131. The number of hydrogen-bond donors (Lipinski definition) is 1. The van der Waals surface area contributed by atoms with E-state index in [0.29, 0.717) is 0 Å². The minimum absolute atomic E-state index is 0.887. The van der Waals surface area contributed by atoms with Gasteiger partial charge < -0.3 is 5.11 Å². The molecule has 2 nitrogen and oxygen atoms in total. The van der Waals surface area contributed by atoms with Gasteiger partial charge in [0.15, 0.2) is 0 Å². The summed E-state index contributed by atoms with van der Waals surface area (Å²) in [6.07, 6.45) is 5.44. The Labute approximate surface area is 72.9 Å². The van der Waals surface area contributed by atoms with Gasteiger partial charge in [-0.2, -0.15) is 0 Å². The van der Waals surface area contributed by atoms with Crippen molar-refractivity contribution in [1.29, 1.82) is 0 Å². The van der Waals surface area contributed by atoms with Crippen molar-refractivity contribution in [2.24, 2.45) is 0 Å². The highest BCUT2D eigenvalue weighted by molar-refractivity contribution is 5.80. The molecule has 0 bridgehead atoms. The second-order valence-corrected chi connectivity index (χ2v) is 2.57. The molecule has 0 saturated heterocycles. The number of rotatable bonds is 4. The largest absolute Gasteiger partial charge is 0.478 e. The molecular weight excluding hydrogens is 152 g/mol. The van der Waals surface area contributed by atoms with Gasteiger partial charge in [-0.05, 0) is 13.3 Å². The zero-order chi connectivity index (χ0) is 9.56. The van der Waals surface area contributed by atoms with Crippen LogP contribution in [0.4, 0.5) is 0 Å². The van der Waals surface area contributed by atoms with Crippen LogP contribution >= 0.6 is 0 Å². The van der Waals surface area contributed by atoms with Crippen LogP contribution in [0.15, 0.2) is 36.0 Å². The first-order chi connectivity index (χ1) is 5.56. The Balaban J connectivity index is 4.20. The Morgan fingerprint density at radius 3 is 2.50 bits per heavy atom. The van der Waals surface area contributed by atoms with E-state index in [4.69, 9.17) is 5.11 Å². The van der Waals surface area contributed by atoms with Crippen LogP contribution in [-0.2, 0) is 4.79 Å². The fourth-order valence-corrected chi connectivity index (χ4v) is 0.675. The molecule has 0 radical (unpaired) electrons. The van der Waals surface area contributed by atoms with Gasteiger partial charge in [0, 0.05) is 6.08 Å². The van der Waals surface area contributed by atoms with Gasteiger partial charge in [-0.3, -0.25) is 0 Å². The molecule has 0 rings (SSSR count). The molecule has 0 aliphatic carbocycles. The maximum absolute atomic E-state index is 10.1. The number of carboxylic acids is 1. The van der Waals surface area contributed by atoms with E-state index in [2.05, 4.69) is 6.58 Å². The van der Waals surface area contributed by atoms with Crippen LogP contribution in [0.1, 0.15) is 20.3 Å². The second-order valence-electron chi connectivity index (χ2n) is 2.57. The number of carbonyl (C=O) groups is 1. The minimum atomic E-state index is -0.926. The Morgan fingerprint density at radius 1 is 1.50 bits per heavy atom. The number of hydrogen-bond acceptors (Lipinski definition) is 1. The van der Waals surface area contributed by atoms with Gasteiger partial charge in [0.2, 0.25) is 0 Å². The monoisotopic (exact) mass is 166 g/mol. The van der Waals surface area contributed by atoms with Crippen LogP contribution in [0.5, 0.6) is 0 Å². The third-order valence-electron chi connectivity index (χ3n) is 1.37. The molecule has 0 fully saturated rings. The molecule has 2 heteroatoms. The molecule has 1 N–H and O–H groups in total. The normalized spacial score (nSPS) is 12.0. The molecule has 0 aromatic carbocycles. The lowest BCUT2D eigenvalue weighted by atomic mass is 10.1. The van der Waals surface area contributed by atoms with Gasteiger partial charge in [-0.15, -0.1) is 0 Å². The standard InChI is InChI=1S/C10H14O2/c1-4-8(2)7-9(3)5-6-10(11)12/h5-7H,2,4H2,1,3H3,(H,11,12)/b6-5+,9-7+. The molecule has 0 aromatic rings. The van der Waals surface area contributed by atoms with E-state index in [9.17, 15) is 4.79 Å². The molecule has 0 saturated carbocycles. The Morgan fingerprint density at radius 2 is 2.08 bits per heavy atom. The van der Waals surface area contributed by atoms with Crippen molar-refractivity contribution in [3.05, 3.63) is 36.0 Å². The van der Waals surface area contributed by atoms with Crippen LogP contribution in [0.3, 0.4) is 0 Å². The van der Waals surface area contributed by atoms with Crippen LogP contribution in [0.25, 0.3) is 0 Å². The molecule has 0 aromatic heterocycles. The number of aliphatic carboxylic acids is 1. The van der Waals surface area contributed by atoms with E-state index >= 15 is 0 Å². The predicted molar refractivity (Wildman–Crippen MR) is 50.0 cm³/mol. The summed E-state index contributed by atoms with van der Waals surface area (Å²) in [5, 5.41) is 8.32. The van der Waals surface area contributed by atoms with Gasteiger partial charge in [0.05, 0.1) is 0 Å². The molecular formula is C10H14O2. The minimum Gasteiger partial charge on any atom is -0.478 e. The third kappa shape index (κ3) is 5.47. The van der Waals surface area contributed by atoms with Crippen molar-refractivity contribution < 1.29 is 9.90 Å². The Bertz CT molecular complexity index is 234. The maximum atomic E-state index is 10.1. The van der Waals surface area contributed by atoms with Crippen molar-refractivity contribution in [3.63, 3.8) is 0 Å². The first-order valence-electron chi connectivity index (χ1n) is 3.83. The number of allylic oxidation sites excluding steroid dienone is 4. The van der Waals surface area contributed by atoms with Crippen molar-refractivity contribution in [1.82, 2.24) is 0 Å². The topological polar surface area (TPSA) is 37.3 Å². The zero-order valence-corrected chi connectivity index (χ0v) is 7.50. The summed E-state index contributed by atoms with van der Waals surface area (Å²) in [7, 11) is 0. The molecule has 0 atom stereocenters. The first-order valence-corrected chi connectivity index (χ1v) is 3.83. The molecule has 66 valence electrons. The van der Waals surface area contributed by atoms with E-state index in [1.165, 1.54) is 0 Å². The number of carboxylic acid groups (broad SMARTS) is 1. The molecule has 0 spiro atoms. The van der Waals surface area contributed by atoms with Crippen LogP contribution in [-0.4, -0.2) is 11.1 Å². The van der Waals surface area contributed by atoms with E-state index in [-0.39, 0.29) is 0 Å². The summed E-state index contributed by atoms with van der Waals surface area (Å²) in [5.41, 5.74) is 1.91. The van der Waals surface area contributed by atoms with Crippen LogP contribution in [0, 0.1) is 0 Å². The summed E-state index contributed by atoms with van der Waals surface area (Å²) in [4.78, 5) is 10.1. The molecule has 0 aliphatic heterocycles. The molecule has 0 aliphatic rings. The van der Waals surface area contributed by atoms with E-state index in [0.717, 1.165) is 23.6 Å². The van der Waals surface area contributed by atoms with Crippen molar-refractivity contribution in [2.45, 2.75) is 20.3 Å². The molecule has 12 heavy (non-hydrogen) atoms. The lowest BCUT2D eigenvalue weighted by Gasteiger charge is -1.93. The van der Waals surface area contributed by atoms with Gasteiger partial charge in [0.25, 0.3) is 0 Å². The first kappa shape index (κ1) is 10.7. The fraction of sp³-hybridized carbons (Fsp3) is 0.300. The molecule has 0 heterocycles. The Kier molecular flexibility index (Phi) is 4.77. The summed E-state index contributed by atoms with van der Waals surface area (Å²) in [5.74, 6) is -0.926. The summed E-state index contributed by atoms with van der Waals surface area (Å²) in [6.45, 7) is 7.64. The fourth-order valence-electron chi connectivity index (χ4n) is 0.675. The lowest BCUT2D eigenvalue weighted by Crippen LogP contribution is -1.86. The summed E-state index contributed by atoms with van der Waals surface area (Å²) in [6, 6.07) is 0. The summed E-state index contributed by atoms with van der Waals surface area (Å²) >= 11 is 0. The van der Waals surface area contributed by atoms with Crippen molar-refractivity contribution in [2.75, 3.05) is 0 Å². The predicted octanol–water partition coefficient (Wildman–Crippen LogP) is 2.54.